The van der Waals surface area contributed by atoms with Gasteiger partial charge in [0.25, 0.3) is 0 Å². The number of hydrogen-bond donors (Lipinski definition) is 0. The summed E-state index contributed by atoms with van der Waals surface area (Å²) in [4.78, 5) is 10.3. The fraction of sp³-hybridized carbons (Fsp3) is 0.125. The van der Waals surface area contributed by atoms with Crippen LogP contribution in [0.25, 0.3) is 0 Å². The molecule has 0 amide bonds. The molecule has 0 aliphatic carbocycles. The molecule has 0 N–H and O–H groups in total. The van der Waals surface area contributed by atoms with Crippen molar-refractivity contribution in [3.8, 4) is 0 Å². The largest absolute Gasteiger partial charge is 0.298 e. The van der Waals surface area contributed by atoms with Crippen molar-refractivity contribution in [2.45, 2.75) is 6.92 Å². The summed E-state index contributed by atoms with van der Waals surface area (Å²) in [6.45, 7) is 1.65. The van der Waals surface area contributed by atoms with Crippen molar-refractivity contribution in [2.75, 3.05) is 0 Å². The molecule has 64 valence electrons. The molecule has 1 rings (SSSR count). The molecule has 0 aliphatic heterocycles. The summed E-state index contributed by atoms with van der Waals surface area (Å²) in [6, 6.07) is 1.36. The maximum Gasteiger partial charge on any atom is 0.153 e. The molecule has 0 radical (unpaired) electrons. The molecule has 0 unspecified atom stereocenters. The van der Waals surface area contributed by atoms with Crippen molar-refractivity contribution in [2.24, 2.45) is 0 Å². The summed E-state index contributed by atoms with van der Waals surface area (Å²) >= 11 is 11.1. The molecule has 0 spiro atoms. The molecule has 1 aromatic carbocycles. The van der Waals surface area contributed by atoms with Crippen LogP contribution in [0.5, 0.6) is 0 Å². The van der Waals surface area contributed by atoms with E-state index in [-0.39, 0.29) is 15.6 Å². The first-order valence-corrected chi connectivity index (χ1v) is 3.92. The summed E-state index contributed by atoms with van der Waals surface area (Å²) in [7, 11) is 0. The van der Waals surface area contributed by atoms with Crippen molar-refractivity contribution in [1.82, 2.24) is 0 Å². The smallest absolute Gasteiger partial charge is 0.153 e. The van der Waals surface area contributed by atoms with Gasteiger partial charge in [0.15, 0.2) is 12.1 Å². The van der Waals surface area contributed by atoms with Crippen molar-refractivity contribution in [1.29, 1.82) is 0 Å². The SMILES string of the molecule is Cc1cc(C=O)c(F)c(Cl)c1Cl. The van der Waals surface area contributed by atoms with E-state index in [9.17, 15) is 9.18 Å². The summed E-state index contributed by atoms with van der Waals surface area (Å²) in [6.07, 6.45) is 0.407. The lowest BCUT2D eigenvalue weighted by atomic mass is 10.1. The number of halogens is 3. The van der Waals surface area contributed by atoms with Gasteiger partial charge >= 0.3 is 0 Å². The van der Waals surface area contributed by atoms with E-state index in [1.165, 1.54) is 6.07 Å². The van der Waals surface area contributed by atoms with Crippen LogP contribution >= 0.6 is 23.2 Å². The Morgan fingerprint density at radius 1 is 1.42 bits per heavy atom. The maximum atomic E-state index is 13.0. The second-order valence-corrected chi connectivity index (χ2v) is 3.10. The first kappa shape index (κ1) is 9.49. The number of aryl methyl sites for hydroxylation is 1. The van der Waals surface area contributed by atoms with Crippen LogP contribution in [0.4, 0.5) is 4.39 Å². The van der Waals surface area contributed by atoms with Crippen molar-refractivity contribution in [3.05, 3.63) is 33.1 Å². The summed E-state index contributed by atoms with van der Waals surface area (Å²) < 4.78 is 13.0. The van der Waals surface area contributed by atoms with E-state index in [1.807, 2.05) is 0 Å². The molecule has 0 bridgehead atoms. The molecule has 0 atom stereocenters. The van der Waals surface area contributed by atoms with Gasteiger partial charge in [-0.05, 0) is 18.6 Å². The van der Waals surface area contributed by atoms with E-state index in [0.29, 0.717) is 11.8 Å². The van der Waals surface area contributed by atoms with Crippen molar-refractivity contribution in [3.63, 3.8) is 0 Å². The Morgan fingerprint density at radius 3 is 2.50 bits per heavy atom. The minimum absolute atomic E-state index is 0.0677. The number of rotatable bonds is 1. The second-order valence-electron chi connectivity index (χ2n) is 2.34. The van der Waals surface area contributed by atoms with E-state index in [2.05, 4.69) is 0 Å². The number of aldehydes is 1. The molecule has 0 saturated heterocycles. The molecule has 12 heavy (non-hydrogen) atoms. The lowest BCUT2D eigenvalue weighted by molar-refractivity contribution is 0.112. The van der Waals surface area contributed by atoms with Gasteiger partial charge in [0.05, 0.1) is 15.6 Å². The van der Waals surface area contributed by atoms with Crippen LogP contribution < -0.4 is 0 Å². The maximum absolute atomic E-state index is 13.0. The van der Waals surface area contributed by atoms with E-state index in [1.54, 1.807) is 6.92 Å². The zero-order valence-corrected chi connectivity index (χ0v) is 7.71. The average Bonchev–Trinajstić information content (AvgIpc) is 2.08. The fourth-order valence-corrected chi connectivity index (χ4v) is 1.24. The topological polar surface area (TPSA) is 17.1 Å². The van der Waals surface area contributed by atoms with E-state index in [4.69, 9.17) is 23.2 Å². The standard InChI is InChI=1S/C8H5Cl2FO/c1-4-2-5(3-12)8(11)7(10)6(4)9/h2-3H,1H3. The molecule has 0 heterocycles. The van der Waals surface area contributed by atoms with Gasteiger partial charge in [-0.15, -0.1) is 0 Å². The molecule has 0 aliphatic rings. The van der Waals surface area contributed by atoms with Crippen molar-refractivity contribution >= 4 is 29.5 Å². The van der Waals surface area contributed by atoms with Gasteiger partial charge in [-0.3, -0.25) is 4.79 Å². The second kappa shape index (κ2) is 3.42. The Labute approximate surface area is 79.1 Å². The minimum Gasteiger partial charge on any atom is -0.298 e. The Bertz CT molecular complexity index is 336. The normalized spacial score (nSPS) is 10.0. The van der Waals surface area contributed by atoms with Crippen LogP contribution in [0.1, 0.15) is 15.9 Å². The van der Waals surface area contributed by atoms with Crippen LogP contribution in [-0.4, -0.2) is 6.29 Å². The van der Waals surface area contributed by atoms with Crippen LogP contribution in [-0.2, 0) is 0 Å². The molecule has 0 fully saturated rings. The minimum atomic E-state index is -0.762. The summed E-state index contributed by atoms with van der Waals surface area (Å²) in [5.74, 6) is -0.762. The van der Waals surface area contributed by atoms with E-state index >= 15 is 0 Å². The average molecular weight is 207 g/mol. The van der Waals surface area contributed by atoms with Gasteiger partial charge in [-0.25, -0.2) is 4.39 Å². The van der Waals surface area contributed by atoms with Gasteiger partial charge in [-0.2, -0.15) is 0 Å². The predicted molar refractivity (Wildman–Crippen MR) is 46.5 cm³/mol. The molecular weight excluding hydrogens is 202 g/mol. The number of hydrogen-bond acceptors (Lipinski definition) is 1. The Kier molecular flexibility index (Phi) is 2.70. The predicted octanol–water partition coefficient (Wildman–Crippen LogP) is 3.25. The summed E-state index contributed by atoms with van der Waals surface area (Å²) in [5, 5.41) is -0.0430. The third-order valence-corrected chi connectivity index (χ3v) is 2.42. The van der Waals surface area contributed by atoms with Crippen LogP contribution in [0.3, 0.4) is 0 Å². The Balaban J connectivity index is 3.49. The molecule has 0 aromatic heterocycles. The Morgan fingerprint density at radius 2 is 2.00 bits per heavy atom. The van der Waals surface area contributed by atoms with E-state index in [0.717, 1.165) is 0 Å². The monoisotopic (exact) mass is 206 g/mol. The number of benzene rings is 1. The first-order valence-electron chi connectivity index (χ1n) is 3.17. The highest BCUT2D eigenvalue weighted by atomic mass is 35.5. The van der Waals surface area contributed by atoms with E-state index < -0.39 is 5.82 Å². The van der Waals surface area contributed by atoms with Crippen molar-refractivity contribution < 1.29 is 9.18 Å². The van der Waals surface area contributed by atoms with Gasteiger partial charge in [0, 0.05) is 0 Å². The zero-order chi connectivity index (χ0) is 9.30. The van der Waals surface area contributed by atoms with Gasteiger partial charge < -0.3 is 0 Å². The molecule has 1 nitrogen and oxygen atoms in total. The summed E-state index contributed by atoms with van der Waals surface area (Å²) in [5.41, 5.74) is 0.520. The van der Waals surface area contributed by atoms with Gasteiger partial charge in [0.2, 0.25) is 0 Å². The fourth-order valence-electron chi connectivity index (χ4n) is 0.842. The number of carbonyl (C=O) groups is 1. The Hall–Kier alpha value is -0.600. The molecular formula is C8H5Cl2FO. The quantitative estimate of drug-likeness (QED) is 0.510. The highest BCUT2D eigenvalue weighted by Crippen LogP contribution is 2.29. The zero-order valence-electron chi connectivity index (χ0n) is 6.20. The van der Waals surface area contributed by atoms with Gasteiger partial charge in [-0.1, -0.05) is 23.2 Å². The lowest BCUT2D eigenvalue weighted by Gasteiger charge is -2.03. The highest BCUT2D eigenvalue weighted by Gasteiger charge is 2.12. The molecule has 0 saturated carbocycles. The van der Waals surface area contributed by atoms with Crippen LogP contribution in [0, 0.1) is 12.7 Å². The third-order valence-electron chi connectivity index (χ3n) is 1.48. The van der Waals surface area contributed by atoms with Gasteiger partial charge in [0.1, 0.15) is 0 Å². The highest BCUT2D eigenvalue weighted by molar-refractivity contribution is 6.42. The molecule has 1 aromatic rings. The number of carbonyl (C=O) groups excluding carboxylic acids is 1. The third kappa shape index (κ3) is 1.45. The lowest BCUT2D eigenvalue weighted by Crippen LogP contribution is -1.91. The van der Waals surface area contributed by atoms with Crippen LogP contribution in [0.15, 0.2) is 6.07 Å². The first-order chi connectivity index (χ1) is 5.57. The molecule has 4 heteroatoms. The van der Waals surface area contributed by atoms with Crippen LogP contribution in [0.2, 0.25) is 10.0 Å².